The monoisotopic (exact) mass is 211 g/mol. The van der Waals surface area contributed by atoms with Crippen molar-refractivity contribution in [2.45, 2.75) is 13.3 Å². The first-order valence-corrected chi connectivity index (χ1v) is 4.71. The fraction of sp³-hybridized carbons (Fsp3) is 0.273. The molecule has 0 bridgehead atoms. The first-order valence-electron chi connectivity index (χ1n) is 4.33. The third-order valence-corrected chi connectivity index (χ3v) is 2.01. The molecule has 0 aliphatic rings. The first kappa shape index (κ1) is 10.9. The predicted molar refractivity (Wildman–Crippen MR) is 58.0 cm³/mol. The van der Waals surface area contributed by atoms with Gasteiger partial charge >= 0.3 is 0 Å². The molecular formula is C11H11ClFN. The van der Waals surface area contributed by atoms with Crippen LogP contribution in [0.5, 0.6) is 0 Å². The topological polar surface area (TPSA) is 12.0 Å². The largest absolute Gasteiger partial charge is 0.381 e. The van der Waals surface area contributed by atoms with Crippen LogP contribution in [0.4, 0.5) is 10.1 Å². The number of nitrogens with one attached hydrogen (secondary N) is 1. The summed E-state index contributed by atoms with van der Waals surface area (Å²) < 4.78 is 13.2. The van der Waals surface area contributed by atoms with E-state index >= 15 is 0 Å². The third-order valence-electron chi connectivity index (χ3n) is 1.69. The average Bonchev–Trinajstić information content (AvgIpc) is 2.16. The summed E-state index contributed by atoms with van der Waals surface area (Å²) in [5.74, 6) is 5.31. The number of hydrogen-bond donors (Lipinski definition) is 1. The molecule has 0 saturated heterocycles. The smallest absolute Gasteiger partial charge is 0.147 e. The molecule has 0 radical (unpaired) electrons. The molecule has 0 unspecified atom stereocenters. The summed E-state index contributed by atoms with van der Waals surface area (Å²) >= 11 is 5.80. The second-order valence-electron chi connectivity index (χ2n) is 2.70. The van der Waals surface area contributed by atoms with Crippen LogP contribution < -0.4 is 5.32 Å². The lowest BCUT2D eigenvalue weighted by Crippen LogP contribution is -2.02. The van der Waals surface area contributed by atoms with Crippen LogP contribution in [0.15, 0.2) is 18.2 Å². The molecule has 0 amide bonds. The van der Waals surface area contributed by atoms with Crippen molar-refractivity contribution in [3.05, 3.63) is 29.0 Å². The highest BCUT2D eigenvalue weighted by atomic mass is 35.5. The van der Waals surface area contributed by atoms with Gasteiger partial charge < -0.3 is 5.32 Å². The molecule has 1 rings (SSSR count). The quantitative estimate of drug-likeness (QED) is 0.598. The Morgan fingerprint density at radius 3 is 2.93 bits per heavy atom. The molecule has 0 spiro atoms. The van der Waals surface area contributed by atoms with Gasteiger partial charge in [0.2, 0.25) is 0 Å². The number of benzene rings is 1. The Labute approximate surface area is 88.3 Å². The first-order chi connectivity index (χ1) is 6.75. The molecule has 0 aromatic heterocycles. The van der Waals surface area contributed by atoms with E-state index in [0.717, 1.165) is 0 Å². The predicted octanol–water partition coefficient (Wildman–Crippen LogP) is 3.30. The summed E-state index contributed by atoms with van der Waals surface area (Å²) in [5.41, 5.74) is 0.354. The van der Waals surface area contributed by atoms with E-state index in [-0.39, 0.29) is 5.82 Å². The molecule has 0 saturated carbocycles. The molecular weight excluding hydrogens is 201 g/mol. The molecule has 1 aromatic carbocycles. The maximum atomic E-state index is 13.2. The van der Waals surface area contributed by atoms with E-state index in [9.17, 15) is 4.39 Å². The molecule has 1 N–H and O–H groups in total. The minimum atomic E-state index is -0.332. The lowest BCUT2D eigenvalue weighted by atomic mass is 10.3. The molecule has 1 aromatic rings. The minimum Gasteiger partial charge on any atom is -0.381 e. The summed E-state index contributed by atoms with van der Waals surface area (Å²) in [7, 11) is 0. The van der Waals surface area contributed by atoms with Crippen molar-refractivity contribution in [2.75, 3.05) is 11.9 Å². The lowest BCUT2D eigenvalue weighted by Gasteiger charge is -2.07. The van der Waals surface area contributed by atoms with E-state index in [1.165, 1.54) is 6.07 Å². The van der Waals surface area contributed by atoms with Crippen LogP contribution in [0, 0.1) is 17.7 Å². The van der Waals surface area contributed by atoms with E-state index in [2.05, 4.69) is 17.2 Å². The Balaban J connectivity index is 2.60. The van der Waals surface area contributed by atoms with Crippen LogP contribution in [0.3, 0.4) is 0 Å². The van der Waals surface area contributed by atoms with Crippen molar-refractivity contribution in [1.82, 2.24) is 0 Å². The Kier molecular flexibility index (Phi) is 4.28. The standard InChI is InChI=1S/C11H11ClFN/c1-2-3-4-8-14-11-9(12)6-5-7-10(11)13/h5-7,14H,4,8H2,1H3. The van der Waals surface area contributed by atoms with Gasteiger partial charge in [-0.1, -0.05) is 17.7 Å². The van der Waals surface area contributed by atoms with Crippen molar-refractivity contribution in [2.24, 2.45) is 0 Å². The van der Waals surface area contributed by atoms with Crippen LogP contribution >= 0.6 is 11.6 Å². The molecule has 14 heavy (non-hydrogen) atoms. The van der Waals surface area contributed by atoms with Gasteiger partial charge in [0, 0.05) is 13.0 Å². The summed E-state index contributed by atoms with van der Waals surface area (Å²) in [5, 5.41) is 3.30. The van der Waals surface area contributed by atoms with Crippen molar-refractivity contribution < 1.29 is 4.39 Å². The maximum Gasteiger partial charge on any atom is 0.147 e. The number of hydrogen-bond acceptors (Lipinski definition) is 1. The van der Waals surface area contributed by atoms with Gasteiger partial charge in [-0.15, -0.1) is 11.8 Å². The van der Waals surface area contributed by atoms with Crippen LogP contribution in [0.1, 0.15) is 13.3 Å². The maximum absolute atomic E-state index is 13.2. The van der Waals surface area contributed by atoms with Crippen LogP contribution in [-0.2, 0) is 0 Å². The van der Waals surface area contributed by atoms with E-state index in [0.29, 0.717) is 23.7 Å². The SMILES string of the molecule is CC#CCCNc1c(F)cccc1Cl. The number of para-hydroxylation sites is 1. The number of rotatable bonds is 3. The molecule has 0 atom stereocenters. The highest BCUT2D eigenvalue weighted by Crippen LogP contribution is 2.24. The molecule has 0 heterocycles. The molecule has 3 heteroatoms. The van der Waals surface area contributed by atoms with Gasteiger partial charge in [-0.2, -0.15) is 0 Å². The van der Waals surface area contributed by atoms with Gasteiger partial charge in [0.15, 0.2) is 0 Å². The van der Waals surface area contributed by atoms with E-state index in [1.54, 1.807) is 19.1 Å². The van der Waals surface area contributed by atoms with Crippen molar-refractivity contribution in [3.63, 3.8) is 0 Å². The second kappa shape index (κ2) is 5.51. The van der Waals surface area contributed by atoms with E-state index in [4.69, 9.17) is 11.6 Å². The normalized spacial score (nSPS) is 9.07. The highest BCUT2D eigenvalue weighted by molar-refractivity contribution is 6.33. The summed E-state index contributed by atoms with van der Waals surface area (Å²) in [6, 6.07) is 4.60. The zero-order chi connectivity index (χ0) is 10.4. The second-order valence-corrected chi connectivity index (χ2v) is 3.11. The van der Waals surface area contributed by atoms with Gasteiger partial charge in [0.05, 0.1) is 10.7 Å². The van der Waals surface area contributed by atoms with Gasteiger partial charge in [-0.05, 0) is 19.1 Å². The summed E-state index contributed by atoms with van der Waals surface area (Å²) in [6.07, 6.45) is 0.682. The Bertz CT molecular complexity index is 345. The average molecular weight is 212 g/mol. The molecule has 74 valence electrons. The highest BCUT2D eigenvalue weighted by Gasteiger charge is 2.04. The molecule has 0 fully saturated rings. The van der Waals surface area contributed by atoms with Gasteiger partial charge in [0.25, 0.3) is 0 Å². The van der Waals surface area contributed by atoms with E-state index in [1.807, 2.05) is 0 Å². The lowest BCUT2D eigenvalue weighted by molar-refractivity contribution is 0.630. The molecule has 1 nitrogen and oxygen atoms in total. The zero-order valence-electron chi connectivity index (χ0n) is 7.90. The third kappa shape index (κ3) is 2.93. The zero-order valence-corrected chi connectivity index (χ0v) is 8.66. The fourth-order valence-corrected chi connectivity index (χ4v) is 1.27. The fourth-order valence-electron chi connectivity index (χ4n) is 1.04. The number of halogens is 2. The summed E-state index contributed by atoms with van der Waals surface area (Å²) in [6.45, 7) is 2.37. The van der Waals surface area contributed by atoms with Gasteiger partial charge in [-0.3, -0.25) is 0 Å². The molecule has 0 aliphatic carbocycles. The minimum absolute atomic E-state index is 0.332. The Morgan fingerprint density at radius 2 is 2.29 bits per heavy atom. The van der Waals surface area contributed by atoms with Crippen molar-refractivity contribution in [3.8, 4) is 11.8 Å². The van der Waals surface area contributed by atoms with Crippen LogP contribution in [-0.4, -0.2) is 6.54 Å². The Hall–Kier alpha value is -1.20. The van der Waals surface area contributed by atoms with Crippen molar-refractivity contribution >= 4 is 17.3 Å². The van der Waals surface area contributed by atoms with Crippen LogP contribution in [0.2, 0.25) is 5.02 Å². The van der Waals surface area contributed by atoms with E-state index < -0.39 is 0 Å². The summed E-state index contributed by atoms with van der Waals surface area (Å²) in [4.78, 5) is 0. The molecule has 0 aliphatic heterocycles. The van der Waals surface area contributed by atoms with Crippen LogP contribution in [0.25, 0.3) is 0 Å². The van der Waals surface area contributed by atoms with Gasteiger partial charge in [-0.25, -0.2) is 4.39 Å². The Morgan fingerprint density at radius 1 is 1.50 bits per heavy atom. The number of anilines is 1. The van der Waals surface area contributed by atoms with Crippen molar-refractivity contribution in [1.29, 1.82) is 0 Å². The van der Waals surface area contributed by atoms with Gasteiger partial charge in [0.1, 0.15) is 5.82 Å².